The van der Waals surface area contributed by atoms with Gasteiger partial charge in [0.25, 0.3) is 5.91 Å². The molecule has 4 rings (SSSR count). The molecule has 2 aliphatic heterocycles. The first-order valence-corrected chi connectivity index (χ1v) is 10.5. The standard InChI is InChI=1S/C23H31N3O2/c1-15(2)11-18-14-22(25(3)24-18)23(27)26-19-7-8-20(26)13-17(12-19)16-5-9-21(28-4)10-6-16/h5-6,9-10,14-15,17,19-20H,7-8,11-13H2,1-4H3. The summed E-state index contributed by atoms with van der Waals surface area (Å²) in [6.45, 7) is 4.36. The van der Waals surface area contributed by atoms with E-state index in [2.05, 4.69) is 36.0 Å². The molecule has 0 spiro atoms. The molecule has 2 aromatic rings. The molecule has 5 heteroatoms. The number of methoxy groups -OCH3 is 1. The number of fused-ring (bicyclic) bond motifs is 2. The highest BCUT2D eigenvalue weighted by molar-refractivity contribution is 5.93. The lowest BCUT2D eigenvalue weighted by molar-refractivity contribution is 0.0560. The van der Waals surface area contributed by atoms with Crippen molar-refractivity contribution in [2.45, 2.75) is 64.0 Å². The van der Waals surface area contributed by atoms with Crippen molar-refractivity contribution in [3.63, 3.8) is 0 Å². The van der Waals surface area contributed by atoms with Gasteiger partial charge in [-0.3, -0.25) is 9.48 Å². The van der Waals surface area contributed by atoms with E-state index < -0.39 is 0 Å². The summed E-state index contributed by atoms with van der Waals surface area (Å²) in [5.74, 6) is 2.11. The number of nitrogens with zero attached hydrogens (tertiary/aromatic N) is 3. The molecule has 2 saturated heterocycles. The van der Waals surface area contributed by atoms with Crippen LogP contribution >= 0.6 is 0 Å². The lowest BCUT2D eigenvalue weighted by atomic mass is 9.85. The second kappa shape index (κ2) is 7.61. The molecule has 1 aromatic heterocycles. The van der Waals surface area contributed by atoms with Crippen LogP contribution in [0.25, 0.3) is 0 Å². The molecule has 5 nitrogen and oxygen atoms in total. The predicted octanol–water partition coefficient (Wildman–Crippen LogP) is 4.18. The fraction of sp³-hybridized carbons (Fsp3) is 0.565. The Bertz CT molecular complexity index is 826. The van der Waals surface area contributed by atoms with Crippen molar-refractivity contribution in [3.8, 4) is 5.75 Å². The summed E-state index contributed by atoms with van der Waals surface area (Å²) in [7, 11) is 3.59. The number of carbonyl (C=O) groups excluding carboxylic acids is 1. The normalized spacial score (nSPS) is 24.0. The summed E-state index contributed by atoms with van der Waals surface area (Å²) in [4.78, 5) is 15.5. The second-order valence-corrected chi connectivity index (χ2v) is 8.78. The molecule has 1 aromatic carbocycles. The number of carbonyl (C=O) groups is 1. The van der Waals surface area contributed by atoms with Gasteiger partial charge in [0.05, 0.1) is 12.8 Å². The molecule has 0 aliphatic carbocycles. The summed E-state index contributed by atoms with van der Waals surface area (Å²) in [6.07, 6.45) is 5.23. The molecule has 0 N–H and O–H groups in total. The number of ether oxygens (including phenoxy) is 1. The number of aryl methyl sites for hydroxylation is 1. The Morgan fingerprint density at radius 2 is 1.82 bits per heavy atom. The summed E-state index contributed by atoms with van der Waals surface area (Å²) < 4.78 is 7.06. The maximum Gasteiger partial charge on any atom is 0.272 e. The van der Waals surface area contributed by atoms with Gasteiger partial charge in [-0.2, -0.15) is 5.10 Å². The van der Waals surface area contributed by atoms with Gasteiger partial charge in [0.1, 0.15) is 11.4 Å². The number of hydrogen-bond donors (Lipinski definition) is 0. The van der Waals surface area contributed by atoms with E-state index in [1.165, 1.54) is 5.56 Å². The lowest BCUT2D eigenvalue weighted by Gasteiger charge is -2.39. The molecule has 2 atom stereocenters. The van der Waals surface area contributed by atoms with Gasteiger partial charge < -0.3 is 9.64 Å². The zero-order valence-corrected chi connectivity index (χ0v) is 17.4. The molecule has 2 unspecified atom stereocenters. The zero-order valence-electron chi connectivity index (χ0n) is 17.4. The number of hydrogen-bond acceptors (Lipinski definition) is 3. The largest absolute Gasteiger partial charge is 0.497 e. The van der Waals surface area contributed by atoms with E-state index in [4.69, 9.17) is 4.74 Å². The van der Waals surface area contributed by atoms with Gasteiger partial charge in [0.2, 0.25) is 0 Å². The maximum atomic E-state index is 13.4. The third-order valence-corrected chi connectivity index (χ3v) is 6.32. The topological polar surface area (TPSA) is 47.4 Å². The lowest BCUT2D eigenvalue weighted by Crippen LogP contribution is -2.46. The number of rotatable bonds is 5. The SMILES string of the molecule is COc1ccc(C2CC3CCC(C2)N3C(=O)c2cc(CC(C)C)nn2C)cc1. The van der Waals surface area contributed by atoms with Crippen molar-refractivity contribution in [2.75, 3.05) is 7.11 Å². The second-order valence-electron chi connectivity index (χ2n) is 8.78. The molecule has 2 fully saturated rings. The molecule has 0 saturated carbocycles. The van der Waals surface area contributed by atoms with E-state index in [1.807, 2.05) is 25.2 Å². The van der Waals surface area contributed by atoms with Gasteiger partial charge in [0, 0.05) is 19.1 Å². The molecule has 2 bridgehead atoms. The first-order chi connectivity index (χ1) is 13.5. The highest BCUT2D eigenvalue weighted by Gasteiger charge is 2.44. The van der Waals surface area contributed by atoms with Gasteiger partial charge in [-0.15, -0.1) is 0 Å². The van der Waals surface area contributed by atoms with Crippen molar-refractivity contribution >= 4 is 5.91 Å². The Kier molecular flexibility index (Phi) is 5.17. The number of benzene rings is 1. The summed E-state index contributed by atoms with van der Waals surface area (Å²) in [5.41, 5.74) is 3.11. The van der Waals surface area contributed by atoms with Crippen LogP contribution in [0, 0.1) is 5.92 Å². The van der Waals surface area contributed by atoms with Gasteiger partial charge in [-0.25, -0.2) is 0 Å². The molecule has 150 valence electrons. The minimum absolute atomic E-state index is 0.158. The molecule has 2 aliphatic rings. The Morgan fingerprint density at radius 3 is 2.39 bits per heavy atom. The fourth-order valence-corrected chi connectivity index (χ4v) is 5.03. The van der Waals surface area contributed by atoms with Crippen LogP contribution in [-0.4, -0.2) is 39.8 Å². The smallest absolute Gasteiger partial charge is 0.272 e. The van der Waals surface area contributed by atoms with E-state index >= 15 is 0 Å². The minimum atomic E-state index is 0.158. The van der Waals surface area contributed by atoms with Gasteiger partial charge in [-0.1, -0.05) is 26.0 Å². The summed E-state index contributed by atoms with van der Waals surface area (Å²) in [5, 5.41) is 4.57. The molecule has 3 heterocycles. The number of piperidine rings is 1. The van der Waals surface area contributed by atoms with Crippen LogP contribution in [0.4, 0.5) is 0 Å². The fourth-order valence-electron chi connectivity index (χ4n) is 5.03. The maximum absolute atomic E-state index is 13.4. The first kappa shape index (κ1) is 19.0. The molecular weight excluding hydrogens is 350 g/mol. The quantitative estimate of drug-likeness (QED) is 0.781. The van der Waals surface area contributed by atoms with Crippen LogP contribution in [0.15, 0.2) is 30.3 Å². The minimum Gasteiger partial charge on any atom is -0.497 e. The molecular formula is C23H31N3O2. The Labute approximate surface area is 167 Å². The van der Waals surface area contributed by atoms with Crippen molar-refractivity contribution in [2.24, 2.45) is 13.0 Å². The van der Waals surface area contributed by atoms with Crippen molar-refractivity contribution in [1.82, 2.24) is 14.7 Å². The Hall–Kier alpha value is -2.30. The molecule has 0 radical (unpaired) electrons. The van der Waals surface area contributed by atoms with E-state index in [0.29, 0.717) is 23.9 Å². The first-order valence-electron chi connectivity index (χ1n) is 10.5. The Morgan fingerprint density at radius 1 is 1.18 bits per heavy atom. The van der Waals surface area contributed by atoms with Crippen molar-refractivity contribution < 1.29 is 9.53 Å². The van der Waals surface area contributed by atoms with Crippen LogP contribution in [0.2, 0.25) is 0 Å². The Balaban J connectivity index is 1.50. The van der Waals surface area contributed by atoms with Crippen LogP contribution in [0.5, 0.6) is 5.75 Å². The van der Waals surface area contributed by atoms with Crippen LogP contribution in [0.3, 0.4) is 0 Å². The highest BCUT2D eigenvalue weighted by atomic mass is 16.5. The average molecular weight is 382 g/mol. The molecule has 1 amide bonds. The molecule has 28 heavy (non-hydrogen) atoms. The highest BCUT2D eigenvalue weighted by Crippen LogP contribution is 2.43. The van der Waals surface area contributed by atoms with Crippen LogP contribution < -0.4 is 4.74 Å². The van der Waals surface area contributed by atoms with Gasteiger partial charge in [-0.05, 0) is 67.7 Å². The monoisotopic (exact) mass is 381 g/mol. The van der Waals surface area contributed by atoms with Gasteiger partial charge >= 0.3 is 0 Å². The van der Waals surface area contributed by atoms with Crippen molar-refractivity contribution in [1.29, 1.82) is 0 Å². The van der Waals surface area contributed by atoms with Gasteiger partial charge in [0.15, 0.2) is 0 Å². The van der Waals surface area contributed by atoms with Crippen LogP contribution in [-0.2, 0) is 13.5 Å². The summed E-state index contributed by atoms with van der Waals surface area (Å²) >= 11 is 0. The number of aromatic nitrogens is 2. The van der Waals surface area contributed by atoms with Crippen LogP contribution in [0.1, 0.15) is 67.2 Å². The van der Waals surface area contributed by atoms with E-state index in [0.717, 1.165) is 49.2 Å². The average Bonchev–Trinajstić information content (AvgIpc) is 3.16. The third kappa shape index (κ3) is 3.54. The third-order valence-electron chi connectivity index (χ3n) is 6.32. The van der Waals surface area contributed by atoms with E-state index in [1.54, 1.807) is 11.8 Å². The number of amides is 1. The summed E-state index contributed by atoms with van der Waals surface area (Å²) in [6, 6.07) is 11.1. The van der Waals surface area contributed by atoms with Crippen molar-refractivity contribution in [3.05, 3.63) is 47.3 Å². The van der Waals surface area contributed by atoms with E-state index in [-0.39, 0.29) is 5.91 Å². The van der Waals surface area contributed by atoms with E-state index in [9.17, 15) is 4.79 Å². The predicted molar refractivity (Wildman–Crippen MR) is 110 cm³/mol. The zero-order chi connectivity index (χ0) is 19.8.